The van der Waals surface area contributed by atoms with Crippen LogP contribution in [0.4, 0.5) is 0 Å². The van der Waals surface area contributed by atoms with Crippen LogP contribution in [0.3, 0.4) is 0 Å². The first-order valence-corrected chi connectivity index (χ1v) is 13.1. The average Bonchev–Trinajstić information content (AvgIpc) is 3.05. The van der Waals surface area contributed by atoms with Crippen molar-refractivity contribution in [3.05, 3.63) is 0 Å². The molecule has 4 fully saturated rings. The van der Waals surface area contributed by atoms with Gasteiger partial charge in [0.25, 0.3) is 0 Å². The summed E-state index contributed by atoms with van der Waals surface area (Å²) in [7, 11) is 0. The molecular formula is C27H46O3. The molecule has 0 aromatic rings. The third-order valence-corrected chi connectivity index (χ3v) is 11.1. The number of fused-ring (bicyclic) bond motifs is 5. The quantitative estimate of drug-likeness (QED) is 0.515. The Morgan fingerprint density at radius 2 is 1.63 bits per heavy atom. The van der Waals surface area contributed by atoms with E-state index in [1.54, 1.807) is 0 Å². The predicted molar refractivity (Wildman–Crippen MR) is 121 cm³/mol. The molecule has 0 amide bonds. The van der Waals surface area contributed by atoms with Crippen LogP contribution < -0.4 is 0 Å². The van der Waals surface area contributed by atoms with E-state index in [-0.39, 0.29) is 12.0 Å². The summed E-state index contributed by atoms with van der Waals surface area (Å²) >= 11 is 0. The summed E-state index contributed by atoms with van der Waals surface area (Å²) in [6.07, 6.45) is 14.7. The van der Waals surface area contributed by atoms with E-state index in [2.05, 4.69) is 20.8 Å². The highest BCUT2D eigenvalue weighted by molar-refractivity contribution is 5.69. The smallest absolute Gasteiger partial charge is 0.306 e. The number of carbonyl (C=O) groups is 1. The van der Waals surface area contributed by atoms with Gasteiger partial charge in [-0.05, 0) is 111 Å². The Kier molecular flexibility index (Phi) is 6.34. The Balaban J connectivity index is 1.42. The van der Waals surface area contributed by atoms with Gasteiger partial charge >= 0.3 is 5.97 Å². The molecule has 0 spiro atoms. The summed E-state index contributed by atoms with van der Waals surface area (Å²) in [6, 6.07) is 0. The molecule has 10 atom stereocenters. The van der Waals surface area contributed by atoms with Crippen molar-refractivity contribution in [1.29, 1.82) is 0 Å². The number of aliphatic hydroxyl groups is 1. The SMILES string of the molecule is CC(CCC[C@@H](C)[C@H]1CC[C@H]2[C@@H]3CC[C@@H]4C[C@H](O)CC[C@]4(C)[C@H]3CC[C@]12C)C(=O)O. The fourth-order valence-electron chi connectivity index (χ4n) is 9.28. The van der Waals surface area contributed by atoms with Gasteiger partial charge in [-0.2, -0.15) is 0 Å². The number of aliphatic carboxylic acids is 1. The number of hydrogen-bond acceptors (Lipinski definition) is 2. The minimum absolute atomic E-state index is 0.0472. The van der Waals surface area contributed by atoms with E-state index in [1.165, 1.54) is 51.4 Å². The van der Waals surface area contributed by atoms with Crippen molar-refractivity contribution in [3.63, 3.8) is 0 Å². The highest BCUT2D eigenvalue weighted by atomic mass is 16.4. The molecule has 0 aromatic carbocycles. The maximum atomic E-state index is 11.1. The molecule has 30 heavy (non-hydrogen) atoms. The van der Waals surface area contributed by atoms with E-state index in [0.29, 0.717) is 16.7 Å². The normalized spacial score (nSPS) is 47.6. The van der Waals surface area contributed by atoms with Gasteiger partial charge < -0.3 is 10.2 Å². The van der Waals surface area contributed by atoms with Crippen LogP contribution in [0.1, 0.15) is 105 Å². The third-order valence-electron chi connectivity index (χ3n) is 11.1. The monoisotopic (exact) mass is 418 g/mol. The van der Waals surface area contributed by atoms with Gasteiger partial charge in [0.05, 0.1) is 12.0 Å². The van der Waals surface area contributed by atoms with Crippen LogP contribution in [-0.2, 0) is 4.79 Å². The van der Waals surface area contributed by atoms with Crippen molar-refractivity contribution >= 4 is 5.97 Å². The third kappa shape index (κ3) is 3.76. The molecule has 1 unspecified atom stereocenters. The molecular weight excluding hydrogens is 372 g/mol. The molecule has 0 aliphatic heterocycles. The van der Waals surface area contributed by atoms with Crippen LogP contribution in [0.5, 0.6) is 0 Å². The van der Waals surface area contributed by atoms with Gasteiger partial charge in [0.1, 0.15) is 0 Å². The summed E-state index contributed by atoms with van der Waals surface area (Å²) in [5, 5.41) is 19.4. The standard InChI is InChI=1S/C27H46O3/c1-17(6-5-7-18(2)25(29)30)22-10-11-23-21-9-8-19-16-20(28)12-14-26(19,3)24(21)13-15-27(22,23)4/h17-24,28H,5-16H2,1-4H3,(H,29,30)/t17-,18?,19-,20-,21+,22-,23+,24+,26+,27-/m1/s1. The van der Waals surface area contributed by atoms with E-state index in [9.17, 15) is 9.90 Å². The van der Waals surface area contributed by atoms with E-state index in [1.807, 2.05) is 6.92 Å². The van der Waals surface area contributed by atoms with E-state index in [0.717, 1.165) is 55.3 Å². The molecule has 0 aromatic heterocycles. The first kappa shape index (κ1) is 22.6. The second kappa shape index (κ2) is 8.41. The zero-order valence-electron chi connectivity index (χ0n) is 19.9. The maximum Gasteiger partial charge on any atom is 0.306 e. The maximum absolute atomic E-state index is 11.1. The van der Waals surface area contributed by atoms with Crippen molar-refractivity contribution in [2.45, 2.75) is 111 Å². The lowest BCUT2D eigenvalue weighted by Crippen LogP contribution is -2.54. The zero-order chi connectivity index (χ0) is 21.7. The molecule has 4 saturated carbocycles. The first-order chi connectivity index (χ1) is 14.2. The Labute approximate surface area is 184 Å². The Hall–Kier alpha value is -0.570. The Morgan fingerprint density at radius 1 is 0.933 bits per heavy atom. The van der Waals surface area contributed by atoms with Crippen molar-refractivity contribution < 1.29 is 15.0 Å². The summed E-state index contributed by atoms with van der Waals surface area (Å²) in [5.41, 5.74) is 0.969. The van der Waals surface area contributed by atoms with Crippen molar-refractivity contribution in [2.75, 3.05) is 0 Å². The topological polar surface area (TPSA) is 57.5 Å². The molecule has 2 N–H and O–H groups in total. The summed E-state index contributed by atoms with van der Waals surface area (Å²) in [5.74, 6) is 4.12. The first-order valence-electron chi connectivity index (χ1n) is 13.1. The lowest BCUT2D eigenvalue weighted by atomic mass is 9.44. The summed E-state index contributed by atoms with van der Waals surface area (Å²) < 4.78 is 0. The van der Waals surface area contributed by atoms with Crippen LogP contribution >= 0.6 is 0 Å². The second-order valence-electron chi connectivity index (χ2n) is 12.5. The van der Waals surface area contributed by atoms with Gasteiger partial charge in [0.2, 0.25) is 0 Å². The summed E-state index contributed by atoms with van der Waals surface area (Å²) in [6.45, 7) is 9.52. The molecule has 172 valence electrons. The van der Waals surface area contributed by atoms with Crippen molar-refractivity contribution in [1.82, 2.24) is 0 Å². The van der Waals surface area contributed by atoms with Gasteiger partial charge in [-0.25, -0.2) is 0 Å². The van der Waals surface area contributed by atoms with Gasteiger partial charge in [-0.15, -0.1) is 0 Å². The van der Waals surface area contributed by atoms with Crippen LogP contribution in [0, 0.1) is 52.3 Å². The zero-order valence-corrected chi connectivity index (χ0v) is 19.9. The molecule has 0 heterocycles. The lowest BCUT2D eigenvalue weighted by molar-refractivity contribution is -0.141. The predicted octanol–water partition coefficient (Wildman–Crippen LogP) is 6.53. The molecule has 0 bridgehead atoms. The van der Waals surface area contributed by atoms with E-state index in [4.69, 9.17) is 5.11 Å². The van der Waals surface area contributed by atoms with Crippen LogP contribution in [0.25, 0.3) is 0 Å². The van der Waals surface area contributed by atoms with Gasteiger partial charge in [0.15, 0.2) is 0 Å². The minimum Gasteiger partial charge on any atom is -0.481 e. The second-order valence-corrected chi connectivity index (χ2v) is 12.5. The van der Waals surface area contributed by atoms with Gasteiger partial charge in [0, 0.05) is 0 Å². The highest BCUT2D eigenvalue weighted by Gasteiger charge is 2.60. The minimum atomic E-state index is -0.645. The Bertz CT molecular complexity index is 632. The molecule has 3 heteroatoms. The van der Waals surface area contributed by atoms with Crippen molar-refractivity contribution in [2.24, 2.45) is 52.3 Å². The molecule has 0 radical (unpaired) electrons. The molecule has 3 nitrogen and oxygen atoms in total. The fourth-order valence-corrected chi connectivity index (χ4v) is 9.28. The largest absolute Gasteiger partial charge is 0.481 e. The molecule has 0 saturated heterocycles. The fraction of sp³-hybridized carbons (Fsp3) is 0.963. The number of carboxylic acids is 1. The summed E-state index contributed by atoms with van der Waals surface area (Å²) in [4.78, 5) is 11.1. The number of hydrogen-bond donors (Lipinski definition) is 2. The molecule has 4 aliphatic carbocycles. The van der Waals surface area contributed by atoms with E-state index >= 15 is 0 Å². The number of rotatable bonds is 6. The molecule has 4 rings (SSSR count). The highest BCUT2D eigenvalue weighted by Crippen LogP contribution is 2.68. The van der Waals surface area contributed by atoms with Gasteiger partial charge in [-0.1, -0.05) is 40.5 Å². The Morgan fingerprint density at radius 3 is 2.37 bits per heavy atom. The average molecular weight is 419 g/mol. The van der Waals surface area contributed by atoms with Crippen LogP contribution in [0.2, 0.25) is 0 Å². The van der Waals surface area contributed by atoms with Gasteiger partial charge in [-0.3, -0.25) is 4.79 Å². The van der Waals surface area contributed by atoms with Crippen LogP contribution in [0.15, 0.2) is 0 Å². The van der Waals surface area contributed by atoms with Crippen LogP contribution in [-0.4, -0.2) is 22.3 Å². The molecule has 4 aliphatic rings. The van der Waals surface area contributed by atoms with E-state index < -0.39 is 5.97 Å². The number of carboxylic acid groups (broad SMARTS) is 1. The number of aliphatic hydroxyl groups excluding tert-OH is 1. The lowest BCUT2D eigenvalue weighted by Gasteiger charge is -2.61. The van der Waals surface area contributed by atoms with Crippen molar-refractivity contribution in [3.8, 4) is 0 Å².